The topological polar surface area (TPSA) is 50.2 Å². The highest BCUT2D eigenvalue weighted by atomic mass is 35.5. The molecule has 0 atom stereocenters. The summed E-state index contributed by atoms with van der Waals surface area (Å²) in [5.41, 5.74) is 2.26. The van der Waals surface area contributed by atoms with E-state index in [-0.39, 0.29) is 11.0 Å². The van der Waals surface area contributed by atoms with Crippen molar-refractivity contribution in [1.82, 2.24) is 14.4 Å². The van der Waals surface area contributed by atoms with Crippen LogP contribution >= 0.6 is 11.6 Å². The lowest BCUT2D eigenvalue weighted by molar-refractivity contribution is 0.576. The average Bonchev–Trinajstić information content (AvgIpc) is 2.78. The molecule has 3 aromatic rings. The Kier molecular flexibility index (Phi) is 3.14. The second-order valence-corrected chi connectivity index (χ2v) is 6.50. The van der Waals surface area contributed by atoms with E-state index in [0.717, 1.165) is 22.7 Å². The fraction of sp³-hybridized carbons (Fsp3) is 0.250. The summed E-state index contributed by atoms with van der Waals surface area (Å²) in [7, 11) is 0. The maximum absolute atomic E-state index is 11.6. The number of rotatable bonds is 1. The molecule has 5 heteroatoms. The number of nitrogens with one attached hydrogen (secondary N) is 1. The van der Waals surface area contributed by atoms with Crippen molar-refractivity contribution in [2.45, 2.75) is 26.2 Å². The first kappa shape index (κ1) is 13.9. The van der Waals surface area contributed by atoms with E-state index in [9.17, 15) is 4.79 Å². The zero-order valence-corrected chi connectivity index (χ0v) is 12.9. The van der Waals surface area contributed by atoms with Gasteiger partial charge in [-0.15, -0.1) is 0 Å². The van der Waals surface area contributed by atoms with Crippen LogP contribution in [0.25, 0.3) is 17.0 Å². The van der Waals surface area contributed by atoms with E-state index in [1.165, 1.54) is 6.07 Å². The standard InChI is InChI=1S/C16H16ClN3O/c1-16(2,3)13-15-18-12(21)8-9-20(15)14(19-13)10-4-6-11(17)7-5-10/h4-9H,1-3H3,(H,18,21). The Labute approximate surface area is 127 Å². The summed E-state index contributed by atoms with van der Waals surface area (Å²) in [6.07, 6.45) is 1.75. The molecule has 0 radical (unpaired) electrons. The monoisotopic (exact) mass is 301 g/mol. The molecule has 0 aliphatic heterocycles. The third kappa shape index (κ3) is 2.47. The largest absolute Gasteiger partial charge is 0.307 e. The molecule has 0 aliphatic rings. The lowest BCUT2D eigenvalue weighted by Crippen LogP contribution is -2.15. The first-order valence-electron chi connectivity index (χ1n) is 6.74. The van der Waals surface area contributed by atoms with Crippen LogP contribution in [0.1, 0.15) is 26.5 Å². The molecule has 1 N–H and O–H groups in total. The van der Waals surface area contributed by atoms with Crippen molar-refractivity contribution >= 4 is 17.2 Å². The van der Waals surface area contributed by atoms with Gasteiger partial charge in [0, 0.05) is 28.3 Å². The van der Waals surface area contributed by atoms with Crippen molar-refractivity contribution in [1.29, 1.82) is 0 Å². The van der Waals surface area contributed by atoms with E-state index in [4.69, 9.17) is 16.6 Å². The fourth-order valence-electron chi connectivity index (χ4n) is 2.32. The molecule has 21 heavy (non-hydrogen) atoms. The molecule has 0 fully saturated rings. The second-order valence-electron chi connectivity index (χ2n) is 6.06. The summed E-state index contributed by atoms with van der Waals surface area (Å²) >= 11 is 5.94. The van der Waals surface area contributed by atoms with Gasteiger partial charge in [0.25, 0.3) is 5.56 Å². The minimum absolute atomic E-state index is 0.129. The molecule has 0 saturated carbocycles. The van der Waals surface area contributed by atoms with E-state index in [2.05, 4.69) is 25.8 Å². The van der Waals surface area contributed by atoms with E-state index < -0.39 is 0 Å². The summed E-state index contributed by atoms with van der Waals surface area (Å²) < 4.78 is 1.91. The fourth-order valence-corrected chi connectivity index (χ4v) is 2.45. The summed E-state index contributed by atoms with van der Waals surface area (Å²) in [5.74, 6) is 0.794. The minimum Gasteiger partial charge on any atom is -0.307 e. The van der Waals surface area contributed by atoms with Gasteiger partial charge in [-0.2, -0.15) is 0 Å². The van der Waals surface area contributed by atoms with E-state index in [0.29, 0.717) is 5.02 Å². The lowest BCUT2D eigenvalue weighted by atomic mass is 9.92. The minimum atomic E-state index is -0.166. The molecule has 108 valence electrons. The second kappa shape index (κ2) is 4.74. The zero-order valence-electron chi connectivity index (χ0n) is 12.1. The highest BCUT2D eigenvalue weighted by molar-refractivity contribution is 6.30. The quantitative estimate of drug-likeness (QED) is 0.746. The third-order valence-electron chi connectivity index (χ3n) is 3.34. The molecule has 0 amide bonds. The van der Waals surface area contributed by atoms with Gasteiger partial charge < -0.3 is 4.98 Å². The molecular formula is C16H16ClN3O. The zero-order chi connectivity index (χ0) is 15.2. The number of hydrogen-bond donors (Lipinski definition) is 1. The number of fused-ring (bicyclic) bond motifs is 1. The maximum atomic E-state index is 11.6. The summed E-state index contributed by atoms with van der Waals surface area (Å²) in [4.78, 5) is 19.3. The molecule has 0 unspecified atom stereocenters. The van der Waals surface area contributed by atoms with Crippen LogP contribution in [0.4, 0.5) is 0 Å². The van der Waals surface area contributed by atoms with Gasteiger partial charge in [0.2, 0.25) is 0 Å². The predicted molar refractivity (Wildman–Crippen MR) is 85.0 cm³/mol. The van der Waals surface area contributed by atoms with Gasteiger partial charge in [-0.05, 0) is 24.3 Å². The normalized spacial score (nSPS) is 12.0. The number of imidazole rings is 1. The summed E-state index contributed by atoms with van der Waals surface area (Å²) in [6.45, 7) is 6.23. The predicted octanol–water partition coefficient (Wildman–Crippen LogP) is 3.64. The first-order chi connectivity index (χ1) is 9.86. The third-order valence-corrected chi connectivity index (χ3v) is 3.59. The van der Waals surface area contributed by atoms with E-state index in [1.807, 2.05) is 28.7 Å². The van der Waals surface area contributed by atoms with Crippen LogP contribution in [0.15, 0.2) is 41.3 Å². The Balaban J connectivity index is 2.34. The Bertz CT molecular complexity index is 854. The Hall–Kier alpha value is -2.07. The van der Waals surface area contributed by atoms with Crippen molar-refractivity contribution in [3.63, 3.8) is 0 Å². The highest BCUT2D eigenvalue weighted by Gasteiger charge is 2.23. The van der Waals surface area contributed by atoms with Gasteiger partial charge in [-0.3, -0.25) is 9.20 Å². The van der Waals surface area contributed by atoms with E-state index >= 15 is 0 Å². The number of aromatic amines is 1. The number of hydrogen-bond acceptors (Lipinski definition) is 2. The molecule has 1 aromatic carbocycles. The van der Waals surface area contributed by atoms with Crippen LogP contribution in [0.3, 0.4) is 0 Å². The van der Waals surface area contributed by atoms with Crippen LogP contribution in [0.2, 0.25) is 5.02 Å². The van der Waals surface area contributed by atoms with Gasteiger partial charge in [0.15, 0.2) is 0 Å². The van der Waals surface area contributed by atoms with Crippen LogP contribution < -0.4 is 5.56 Å². The number of halogens is 1. The van der Waals surface area contributed by atoms with Gasteiger partial charge in [-0.25, -0.2) is 4.98 Å². The Morgan fingerprint density at radius 2 is 1.81 bits per heavy atom. The smallest absolute Gasteiger partial charge is 0.251 e. The van der Waals surface area contributed by atoms with Gasteiger partial charge in [0.05, 0.1) is 5.69 Å². The van der Waals surface area contributed by atoms with Crippen molar-refractivity contribution < 1.29 is 0 Å². The number of benzene rings is 1. The first-order valence-corrected chi connectivity index (χ1v) is 7.12. The number of nitrogens with zero attached hydrogens (tertiary/aromatic N) is 2. The number of aromatic nitrogens is 3. The van der Waals surface area contributed by atoms with Gasteiger partial charge >= 0.3 is 0 Å². The van der Waals surface area contributed by atoms with Crippen LogP contribution in [-0.4, -0.2) is 14.4 Å². The van der Waals surface area contributed by atoms with Crippen molar-refractivity contribution in [2.24, 2.45) is 0 Å². The van der Waals surface area contributed by atoms with Crippen molar-refractivity contribution in [3.8, 4) is 11.4 Å². The molecule has 0 spiro atoms. The maximum Gasteiger partial charge on any atom is 0.251 e. The molecule has 3 rings (SSSR count). The van der Waals surface area contributed by atoms with Crippen LogP contribution in [-0.2, 0) is 5.41 Å². The molecule has 0 aliphatic carbocycles. The van der Waals surface area contributed by atoms with Crippen LogP contribution in [0.5, 0.6) is 0 Å². The van der Waals surface area contributed by atoms with Crippen LogP contribution in [0, 0.1) is 0 Å². The molecule has 2 heterocycles. The van der Waals surface area contributed by atoms with Gasteiger partial charge in [-0.1, -0.05) is 32.4 Å². The molecule has 2 aromatic heterocycles. The molecular weight excluding hydrogens is 286 g/mol. The molecule has 4 nitrogen and oxygen atoms in total. The summed E-state index contributed by atoms with van der Waals surface area (Å²) in [5, 5.41) is 0.684. The van der Waals surface area contributed by atoms with Crippen molar-refractivity contribution in [3.05, 3.63) is 57.6 Å². The molecule has 0 saturated heterocycles. The molecule has 0 bridgehead atoms. The van der Waals surface area contributed by atoms with Crippen molar-refractivity contribution in [2.75, 3.05) is 0 Å². The van der Waals surface area contributed by atoms with Gasteiger partial charge in [0.1, 0.15) is 11.5 Å². The SMILES string of the molecule is CC(C)(C)c1nc(-c2ccc(Cl)cc2)n2ccc(=O)[nH]c12. The number of H-pyrrole nitrogens is 1. The Morgan fingerprint density at radius 3 is 2.43 bits per heavy atom. The average molecular weight is 302 g/mol. The summed E-state index contributed by atoms with van der Waals surface area (Å²) in [6, 6.07) is 9.02. The Morgan fingerprint density at radius 1 is 1.14 bits per heavy atom. The highest BCUT2D eigenvalue weighted by Crippen LogP contribution is 2.29. The lowest BCUT2D eigenvalue weighted by Gasteiger charge is -2.15. The van der Waals surface area contributed by atoms with E-state index in [1.54, 1.807) is 6.20 Å².